The van der Waals surface area contributed by atoms with Crippen LogP contribution in [0.1, 0.15) is 5.56 Å². The Morgan fingerprint density at radius 2 is 1.24 bits per heavy atom. The first-order chi connectivity index (χ1) is 12.2. The molecule has 2 aromatic carbocycles. The van der Waals surface area contributed by atoms with Crippen molar-refractivity contribution in [1.82, 2.24) is 0 Å². The molecule has 2 nitrogen and oxygen atoms in total. The number of benzene rings is 2. The van der Waals surface area contributed by atoms with Gasteiger partial charge in [-0.25, -0.2) is 0 Å². The van der Waals surface area contributed by atoms with Crippen molar-refractivity contribution >= 4 is 28.8 Å². The average Bonchev–Trinajstić information content (AvgIpc) is 2.62. The van der Waals surface area contributed by atoms with E-state index in [1.165, 1.54) is 28.1 Å². The third-order valence-electron chi connectivity index (χ3n) is 3.62. The molecule has 0 spiro atoms. The predicted octanol–water partition coefficient (Wildman–Crippen LogP) is 5.34. The van der Waals surface area contributed by atoms with E-state index in [2.05, 4.69) is 61.5 Å². The van der Waals surface area contributed by atoms with Crippen LogP contribution in [0.2, 0.25) is 0 Å². The monoisotopic (exact) mass is 329 g/mol. The maximum Gasteiger partial charge on any atom is 0.142 e. The average molecular weight is 329 g/mol. The van der Waals surface area contributed by atoms with Gasteiger partial charge in [0.15, 0.2) is 0 Å². The molecule has 0 heterocycles. The summed E-state index contributed by atoms with van der Waals surface area (Å²) in [5.74, 6) is 0. The van der Waals surface area contributed by atoms with Crippen LogP contribution in [-0.4, -0.2) is 20.4 Å². The van der Waals surface area contributed by atoms with Gasteiger partial charge in [0.2, 0.25) is 0 Å². The number of hydrogen-bond acceptors (Lipinski definition) is 2. The van der Waals surface area contributed by atoms with Gasteiger partial charge in [0.25, 0.3) is 0 Å². The van der Waals surface area contributed by atoms with E-state index < -0.39 is 0 Å². The molecule has 0 amide bonds. The summed E-state index contributed by atoms with van der Waals surface area (Å²) in [4.78, 5) is 12.2. The minimum Gasteiger partial charge on any atom is -0.378 e. The fourth-order valence-corrected chi connectivity index (χ4v) is 2.29. The van der Waals surface area contributed by atoms with Crippen molar-refractivity contribution in [2.24, 2.45) is 0 Å². The van der Waals surface area contributed by atoms with Crippen molar-refractivity contribution in [3.05, 3.63) is 96.6 Å². The van der Waals surface area contributed by atoms with E-state index in [1.807, 2.05) is 42.5 Å². The SMILES string of the molecule is CN(C)c1ccc2cc(/C=C/C=C/C=C/C=C/C=C/C=O)ccc2c1. The van der Waals surface area contributed by atoms with Crippen molar-refractivity contribution in [2.75, 3.05) is 19.0 Å². The summed E-state index contributed by atoms with van der Waals surface area (Å²) in [6.45, 7) is 0. The van der Waals surface area contributed by atoms with Crippen LogP contribution in [0.4, 0.5) is 5.69 Å². The number of rotatable bonds is 7. The Kier molecular flexibility index (Phi) is 7.20. The summed E-state index contributed by atoms with van der Waals surface area (Å²) in [7, 11) is 4.10. The minimum absolute atomic E-state index is 0.757. The van der Waals surface area contributed by atoms with E-state index in [-0.39, 0.29) is 0 Å². The Labute approximate surface area is 149 Å². The number of carbonyl (C=O) groups is 1. The van der Waals surface area contributed by atoms with Gasteiger partial charge in [0.05, 0.1) is 0 Å². The summed E-state index contributed by atoms with van der Waals surface area (Å²) in [6, 6.07) is 13.0. The number of hydrogen-bond donors (Lipinski definition) is 0. The normalized spacial score (nSPS) is 12.6. The molecule has 0 bridgehead atoms. The van der Waals surface area contributed by atoms with Crippen molar-refractivity contribution in [1.29, 1.82) is 0 Å². The van der Waals surface area contributed by atoms with Gasteiger partial charge in [-0.15, -0.1) is 0 Å². The zero-order valence-corrected chi connectivity index (χ0v) is 14.7. The molecule has 2 aromatic rings. The molecule has 25 heavy (non-hydrogen) atoms. The first-order valence-corrected chi connectivity index (χ1v) is 8.20. The van der Waals surface area contributed by atoms with Crippen LogP contribution in [0.3, 0.4) is 0 Å². The fourth-order valence-electron chi connectivity index (χ4n) is 2.29. The van der Waals surface area contributed by atoms with Gasteiger partial charge in [-0.3, -0.25) is 4.79 Å². The van der Waals surface area contributed by atoms with Crippen molar-refractivity contribution in [2.45, 2.75) is 0 Å². The van der Waals surface area contributed by atoms with Crippen LogP contribution in [0.15, 0.2) is 91.1 Å². The van der Waals surface area contributed by atoms with Crippen LogP contribution in [0.25, 0.3) is 16.8 Å². The lowest BCUT2D eigenvalue weighted by Crippen LogP contribution is -2.07. The molecule has 0 radical (unpaired) electrons. The second-order valence-electron chi connectivity index (χ2n) is 5.72. The van der Waals surface area contributed by atoms with Crippen molar-refractivity contribution < 1.29 is 4.79 Å². The second kappa shape index (κ2) is 9.89. The van der Waals surface area contributed by atoms with E-state index in [1.54, 1.807) is 6.08 Å². The number of aldehydes is 1. The van der Waals surface area contributed by atoms with Crippen molar-refractivity contribution in [3.8, 4) is 0 Å². The van der Waals surface area contributed by atoms with Gasteiger partial charge in [0.1, 0.15) is 6.29 Å². The molecule has 0 atom stereocenters. The zero-order chi connectivity index (χ0) is 17.9. The summed E-state index contributed by atoms with van der Waals surface area (Å²) in [5, 5.41) is 2.49. The van der Waals surface area contributed by atoms with Crippen molar-refractivity contribution in [3.63, 3.8) is 0 Å². The molecule has 0 aromatic heterocycles. The number of carbonyl (C=O) groups excluding carboxylic acids is 1. The lowest BCUT2D eigenvalue weighted by molar-refractivity contribution is -0.104. The lowest BCUT2D eigenvalue weighted by Gasteiger charge is -2.13. The van der Waals surface area contributed by atoms with E-state index in [0.29, 0.717) is 0 Å². The number of allylic oxidation sites excluding steroid dienone is 9. The Bertz CT molecular complexity index is 852. The number of nitrogens with zero attached hydrogens (tertiary/aromatic N) is 1. The fraction of sp³-hybridized carbons (Fsp3) is 0.0870. The molecule has 0 aliphatic rings. The highest BCUT2D eigenvalue weighted by Crippen LogP contribution is 2.22. The molecule has 2 rings (SSSR count). The number of fused-ring (bicyclic) bond motifs is 1. The highest BCUT2D eigenvalue weighted by Gasteiger charge is 1.98. The van der Waals surface area contributed by atoms with E-state index in [0.717, 1.165) is 6.29 Å². The quantitative estimate of drug-likeness (QED) is 0.388. The highest BCUT2D eigenvalue weighted by molar-refractivity contribution is 5.87. The smallest absolute Gasteiger partial charge is 0.142 e. The zero-order valence-electron chi connectivity index (χ0n) is 14.7. The Morgan fingerprint density at radius 3 is 1.88 bits per heavy atom. The molecule has 0 unspecified atom stereocenters. The van der Waals surface area contributed by atoms with Gasteiger partial charge in [-0.2, -0.15) is 0 Å². The van der Waals surface area contributed by atoms with Crippen LogP contribution in [-0.2, 0) is 4.79 Å². The minimum atomic E-state index is 0.757. The molecule has 2 heteroatoms. The number of anilines is 1. The third-order valence-corrected chi connectivity index (χ3v) is 3.62. The van der Waals surface area contributed by atoms with Crippen LogP contribution in [0.5, 0.6) is 0 Å². The molecule has 0 aliphatic heterocycles. The van der Waals surface area contributed by atoms with Gasteiger partial charge >= 0.3 is 0 Å². The van der Waals surface area contributed by atoms with E-state index >= 15 is 0 Å². The third kappa shape index (κ3) is 6.11. The predicted molar refractivity (Wildman–Crippen MR) is 110 cm³/mol. The van der Waals surface area contributed by atoms with Crippen LogP contribution < -0.4 is 4.90 Å². The molecular formula is C23H23NO. The van der Waals surface area contributed by atoms with Gasteiger partial charge < -0.3 is 4.90 Å². The molecular weight excluding hydrogens is 306 g/mol. The van der Waals surface area contributed by atoms with Gasteiger partial charge in [-0.1, -0.05) is 72.9 Å². The van der Waals surface area contributed by atoms with E-state index in [4.69, 9.17) is 0 Å². The summed E-state index contributed by atoms with van der Waals surface area (Å²) in [6.07, 6.45) is 19.5. The Hall–Kier alpha value is -3.13. The summed E-state index contributed by atoms with van der Waals surface area (Å²) < 4.78 is 0. The Morgan fingerprint density at radius 1 is 0.680 bits per heavy atom. The maximum absolute atomic E-state index is 10.1. The van der Waals surface area contributed by atoms with Crippen LogP contribution >= 0.6 is 0 Å². The second-order valence-corrected chi connectivity index (χ2v) is 5.72. The molecule has 126 valence electrons. The first kappa shape index (κ1) is 18.2. The van der Waals surface area contributed by atoms with Crippen LogP contribution in [0, 0.1) is 0 Å². The van der Waals surface area contributed by atoms with E-state index in [9.17, 15) is 4.79 Å². The summed E-state index contributed by atoms with van der Waals surface area (Å²) in [5.41, 5.74) is 2.39. The molecule has 0 saturated carbocycles. The lowest BCUT2D eigenvalue weighted by atomic mass is 10.1. The van der Waals surface area contributed by atoms with Gasteiger partial charge in [0, 0.05) is 19.8 Å². The Balaban J connectivity index is 1.96. The molecule has 0 aliphatic carbocycles. The molecule has 0 fully saturated rings. The molecule has 0 N–H and O–H groups in total. The standard InChI is InChI=1S/C23H23NO/c1-24(2)23-16-15-21-18-20(13-14-22(21)19-23)12-10-8-6-4-3-5-7-9-11-17-25/h3-19H,1-2H3/b4-3+,7-5+,8-6+,11-9+,12-10+. The van der Waals surface area contributed by atoms with Gasteiger partial charge in [-0.05, 0) is 40.6 Å². The maximum atomic E-state index is 10.1. The largest absolute Gasteiger partial charge is 0.378 e. The molecule has 0 saturated heterocycles. The first-order valence-electron chi connectivity index (χ1n) is 8.20. The summed E-state index contributed by atoms with van der Waals surface area (Å²) >= 11 is 0. The topological polar surface area (TPSA) is 20.3 Å². The highest BCUT2D eigenvalue weighted by atomic mass is 16.1.